The van der Waals surface area contributed by atoms with Crippen LogP contribution in [0, 0.1) is 0 Å². The lowest BCUT2D eigenvalue weighted by molar-refractivity contribution is 0.294. The minimum atomic E-state index is -0.0654. The Morgan fingerprint density at radius 3 is 2.86 bits per heavy atom. The number of hydrogen-bond acceptors (Lipinski definition) is 3. The SMILES string of the molecule is O=c1c2ccccc2ncn1CCOc1ccc(Cl)cc1Br. The van der Waals surface area contributed by atoms with Crippen LogP contribution in [0.2, 0.25) is 5.02 Å². The van der Waals surface area contributed by atoms with Gasteiger partial charge in [0.2, 0.25) is 0 Å². The second kappa shape index (κ2) is 6.50. The Labute approximate surface area is 140 Å². The summed E-state index contributed by atoms with van der Waals surface area (Å²) in [6, 6.07) is 12.6. The van der Waals surface area contributed by atoms with Gasteiger partial charge in [-0.15, -0.1) is 0 Å². The maximum Gasteiger partial charge on any atom is 0.261 e. The highest BCUT2D eigenvalue weighted by Gasteiger charge is 2.05. The predicted octanol–water partition coefficient (Wildman–Crippen LogP) is 3.89. The van der Waals surface area contributed by atoms with Crippen LogP contribution in [0.5, 0.6) is 5.75 Å². The Morgan fingerprint density at radius 1 is 1.23 bits per heavy atom. The van der Waals surface area contributed by atoms with Crippen molar-refractivity contribution in [2.75, 3.05) is 6.61 Å². The minimum absolute atomic E-state index is 0.0654. The van der Waals surface area contributed by atoms with Gasteiger partial charge in [-0.25, -0.2) is 4.98 Å². The van der Waals surface area contributed by atoms with E-state index in [-0.39, 0.29) is 5.56 Å². The standard InChI is InChI=1S/C16H12BrClN2O2/c17-13-9-11(18)5-6-15(13)22-8-7-20-10-19-14-4-2-1-3-12(14)16(20)21/h1-6,9-10H,7-8H2. The van der Waals surface area contributed by atoms with Gasteiger partial charge in [0.15, 0.2) is 0 Å². The third-order valence-electron chi connectivity index (χ3n) is 3.22. The Bertz CT molecular complexity index is 879. The molecule has 112 valence electrons. The molecule has 3 rings (SSSR count). The van der Waals surface area contributed by atoms with E-state index in [0.717, 1.165) is 4.47 Å². The number of ether oxygens (including phenoxy) is 1. The summed E-state index contributed by atoms with van der Waals surface area (Å²) < 4.78 is 8.00. The molecule has 2 aromatic carbocycles. The number of nitrogens with zero attached hydrogens (tertiary/aromatic N) is 2. The molecule has 0 N–H and O–H groups in total. The molecule has 0 spiro atoms. The first-order valence-electron chi connectivity index (χ1n) is 6.67. The summed E-state index contributed by atoms with van der Waals surface area (Å²) in [5, 5.41) is 1.24. The summed E-state index contributed by atoms with van der Waals surface area (Å²) in [6.45, 7) is 0.784. The van der Waals surface area contributed by atoms with Gasteiger partial charge in [-0.3, -0.25) is 9.36 Å². The number of benzene rings is 2. The molecular weight excluding hydrogens is 368 g/mol. The zero-order valence-corrected chi connectivity index (χ0v) is 13.8. The van der Waals surface area contributed by atoms with Crippen LogP contribution in [-0.4, -0.2) is 16.2 Å². The van der Waals surface area contributed by atoms with Crippen LogP contribution in [0.25, 0.3) is 10.9 Å². The average Bonchev–Trinajstić information content (AvgIpc) is 2.52. The number of para-hydroxylation sites is 1. The molecule has 1 heterocycles. The maximum absolute atomic E-state index is 12.3. The third kappa shape index (κ3) is 3.15. The maximum atomic E-state index is 12.3. The Morgan fingerprint density at radius 2 is 2.05 bits per heavy atom. The molecule has 4 nitrogen and oxygen atoms in total. The monoisotopic (exact) mass is 378 g/mol. The topological polar surface area (TPSA) is 44.1 Å². The highest BCUT2D eigenvalue weighted by atomic mass is 79.9. The van der Waals surface area contributed by atoms with Crippen molar-refractivity contribution in [2.24, 2.45) is 0 Å². The lowest BCUT2D eigenvalue weighted by Crippen LogP contribution is -2.23. The Balaban J connectivity index is 1.74. The number of fused-ring (bicyclic) bond motifs is 1. The molecule has 0 aliphatic heterocycles. The van der Waals surface area contributed by atoms with E-state index >= 15 is 0 Å². The van der Waals surface area contributed by atoms with Gasteiger partial charge < -0.3 is 4.74 Å². The quantitative estimate of drug-likeness (QED) is 0.691. The van der Waals surface area contributed by atoms with Crippen LogP contribution in [0.1, 0.15) is 0 Å². The summed E-state index contributed by atoms with van der Waals surface area (Å²) >= 11 is 9.27. The molecule has 3 aromatic rings. The second-order valence-electron chi connectivity index (χ2n) is 4.68. The van der Waals surface area contributed by atoms with Crippen molar-refractivity contribution in [1.82, 2.24) is 9.55 Å². The zero-order valence-electron chi connectivity index (χ0n) is 11.5. The Kier molecular flexibility index (Phi) is 4.45. The van der Waals surface area contributed by atoms with Crippen molar-refractivity contribution < 1.29 is 4.74 Å². The highest BCUT2D eigenvalue weighted by Crippen LogP contribution is 2.27. The van der Waals surface area contributed by atoms with Gasteiger partial charge in [0, 0.05) is 5.02 Å². The van der Waals surface area contributed by atoms with E-state index in [9.17, 15) is 4.79 Å². The van der Waals surface area contributed by atoms with Crippen molar-refractivity contribution in [3.63, 3.8) is 0 Å². The van der Waals surface area contributed by atoms with E-state index in [4.69, 9.17) is 16.3 Å². The normalized spacial score (nSPS) is 10.8. The largest absolute Gasteiger partial charge is 0.491 e. The van der Waals surface area contributed by atoms with Gasteiger partial charge >= 0.3 is 0 Å². The average molecular weight is 380 g/mol. The molecule has 1 aromatic heterocycles. The second-order valence-corrected chi connectivity index (χ2v) is 5.97. The molecule has 0 atom stereocenters. The van der Waals surface area contributed by atoms with Crippen LogP contribution >= 0.6 is 27.5 Å². The van der Waals surface area contributed by atoms with Gasteiger partial charge in [-0.05, 0) is 46.3 Å². The first-order chi connectivity index (χ1) is 10.6. The van der Waals surface area contributed by atoms with Crippen LogP contribution in [0.15, 0.2) is 58.1 Å². The number of halogens is 2. The van der Waals surface area contributed by atoms with Crippen molar-refractivity contribution in [1.29, 1.82) is 0 Å². The van der Waals surface area contributed by atoms with E-state index in [1.807, 2.05) is 18.2 Å². The number of rotatable bonds is 4. The highest BCUT2D eigenvalue weighted by molar-refractivity contribution is 9.10. The number of aromatic nitrogens is 2. The Hall–Kier alpha value is -1.85. The van der Waals surface area contributed by atoms with Crippen molar-refractivity contribution in [2.45, 2.75) is 6.54 Å². The predicted molar refractivity (Wildman–Crippen MR) is 90.7 cm³/mol. The summed E-state index contributed by atoms with van der Waals surface area (Å²) in [7, 11) is 0. The van der Waals surface area contributed by atoms with Gasteiger partial charge in [0.25, 0.3) is 5.56 Å². The molecule has 0 fully saturated rings. The zero-order chi connectivity index (χ0) is 15.5. The van der Waals surface area contributed by atoms with E-state index in [2.05, 4.69) is 20.9 Å². The minimum Gasteiger partial charge on any atom is -0.491 e. The van der Waals surface area contributed by atoms with Crippen LogP contribution in [0.4, 0.5) is 0 Å². The van der Waals surface area contributed by atoms with Crippen molar-refractivity contribution >= 4 is 38.4 Å². The molecule has 22 heavy (non-hydrogen) atoms. The van der Waals surface area contributed by atoms with E-state index in [1.54, 1.807) is 35.2 Å². The number of hydrogen-bond donors (Lipinski definition) is 0. The lowest BCUT2D eigenvalue weighted by Gasteiger charge is -2.10. The lowest BCUT2D eigenvalue weighted by atomic mass is 10.2. The molecule has 0 bridgehead atoms. The summed E-state index contributed by atoms with van der Waals surface area (Å²) in [4.78, 5) is 16.6. The van der Waals surface area contributed by atoms with E-state index in [1.165, 1.54) is 0 Å². The summed E-state index contributed by atoms with van der Waals surface area (Å²) in [5.41, 5.74) is 0.634. The summed E-state index contributed by atoms with van der Waals surface area (Å²) in [5.74, 6) is 0.686. The first-order valence-corrected chi connectivity index (χ1v) is 7.84. The molecule has 0 amide bonds. The molecule has 0 radical (unpaired) electrons. The fourth-order valence-electron chi connectivity index (χ4n) is 2.11. The van der Waals surface area contributed by atoms with E-state index < -0.39 is 0 Å². The molecule has 0 saturated carbocycles. The van der Waals surface area contributed by atoms with Crippen LogP contribution in [-0.2, 0) is 6.54 Å². The molecular formula is C16H12BrClN2O2. The van der Waals surface area contributed by atoms with Gasteiger partial charge in [0.05, 0.1) is 28.2 Å². The molecule has 0 aliphatic rings. The fourth-order valence-corrected chi connectivity index (χ4v) is 2.91. The smallest absolute Gasteiger partial charge is 0.261 e. The van der Waals surface area contributed by atoms with Crippen LogP contribution in [0.3, 0.4) is 0 Å². The van der Waals surface area contributed by atoms with Gasteiger partial charge in [-0.2, -0.15) is 0 Å². The van der Waals surface area contributed by atoms with Gasteiger partial charge in [-0.1, -0.05) is 23.7 Å². The van der Waals surface area contributed by atoms with Crippen molar-refractivity contribution in [3.8, 4) is 5.75 Å². The first kappa shape index (κ1) is 15.1. The van der Waals surface area contributed by atoms with Gasteiger partial charge in [0.1, 0.15) is 12.4 Å². The molecule has 6 heteroatoms. The van der Waals surface area contributed by atoms with Crippen molar-refractivity contribution in [3.05, 3.63) is 68.6 Å². The summed E-state index contributed by atoms with van der Waals surface area (Å²) in [6.07, 6.45) is 1.55. The molecule has 0 saturated heterocycles. The third-order valence-corrected chi connectivity index (χ3v) is 4.07. The van der Waals surface area contributed by atoms with Crippen LogP contribution < -0.4 is 10.3 Å². The molecule has 0 aliphatic carbocycles. The molecule has 0 unspecified atom stereocenters. The van der Waals surface area contributed by atoms with E-state index in [0.29, 0.717) is 34.8 Å². The fraction of sp³-hybridized carbons (Fsp3) is 0.125.